The third kappa shape index (κ3) is 3.59. The van der Waals surface area contributed by atoms with Gasteiger partial charge in [-0.3, -0.25) is 0 Å². The zero-order chi connectivity index (χ0) is 17.7. The Hall–Kier alpha value is -3.17. The second kappa shape index (κ2) is 7.40. The summed E-state index contributed by atoms with van der Waals surface area (Å²) < 4.78 is 49.9. The number of benzene rings is 1. The van der Waals surface area contributed by atoms with Gasteiger partial charge in [-0.05, 0) is 12.1 Å². The highest BCUT2D eigenvalue weighted by Gasteiger charge is 2.23. The standard InChI is InChI=1S/C14H10F3N3O4/c1-22-14(21)11(20-23-2)8-4-3-7(15)5-9(8)24-13-10(16)12(17)18-6-19-13/h3-6H,1-2H3. The molecular weight excluding hydrogens is 331 g/mol. The number of nitrogens with zero attached hydrogens (tertiary/aromatic N) is 3. The van der Waals surface area contributed by atoms with E-state index in [1.807, 2.05) is 0 Å². The van der Waals surface area contributed by atoms with Crippen molar-refractivity contribution >= 4 is 11.7 Å². The van der Waals surface area contributed by atoms with E-state index < -0.39 is 29.4 Å². The molecule has 24 heavy (non-hydrogen) atoms. The molecule has 1 aromatic heterocycles. The van der Waals surface area contributed by atoms with E-state index in [2.05, 4.69) is 24.7 Å². The fraction of sp³-hybridized carbons (Fsp3) is 0.143. The molecule has 0 atom stereocenters. The molecule has 0 fully saturated rings. The van der Waals surface area contributed by atoms with Crippen molar-refractivity contribution < 1.29 is 32.3 Å². The first kappa shape index (κ1) is 17.2. The monoisotopic (exact) mass is 341 g/mol. The van der Waals surface area contributed by atoms with Crippen LogP contribution in [0.4, 0.5) is 13.2 Å². The molecule has 0 saturated heterocycles. The minimum absolute atomic E-state index is 0.0801. The number of esters is 1. The van der Waals surface area contributed by atoms with Crippen LogP contribution in [0.3, 0.4) is 0 Å². The molecule has 0 spiro atoms. The molecule has 0 unspecified atom stereocenters. The van der Waals surface area contributed by atoms with Crippen LogP contribution < -0.4 is 4.74 Å². The molecule has 0 bridgehead atoms. The van der Waals surface area contributed by atoms with Crippen LogP contribution in [0.5, 0.6) is 11.6 Å². The number of oxime groups is 1. The Morgan fingerprint density at radius 2 is 1.92 bits per heavy atom. The third-order valence-corrected chi connectivity index (χ3v) is 2.68. The number of carbonyl (C=O) groups is 1. The molecule has 0 radical (unpaired) electrons. The summed E-state index contributed by atoms with van der Waals surface area (Å²) in [4.78, 5) is 22.7. The molecule has 7 nitrogen and oxygen atoms in total. The maximum absolute atomic E-state index is 13.6. The van der Waals surface area contributed by atoms with Gasteiger partial charge in [0.15, 0.2) is 5.71 Å². The zero-order valence-electron chi connectivity index (χ0n) is 12.4. The van der Waals surface area contributed by atoms with Crippen LogP contribution in [0, 0.1) is 17.6 Å². The Kier molecular flexibility index (Phi) is 5.30. The number of ether oxygens (including phenoxy) is 2. The van der Waals surface area contributed by atoms with Crippen molar-refractivity contribution in [3.8, 4) is 11.6 Å². The highest BCUT2D eigenvalue weighted by atomic mass is 19.2. The summed E-state index contributed by atoms with van der Waals surface area (Å²) in [5.74, 6) is -5.75. The van der Waals surface area contributed by atoms with Gasteiger partial charge in [0.1, 0.15) is 25.0 Å². The molecule has 10 heteroatoms. The molecule has 1 heterocycles. The highest BCUT2D eigenvalue weighted by molar-refractivity contribution is 6.43. The second-order valence-corrected chi connectivity index (χ2v) is 4.14. The summed E-state index contributed by atoms with van der Waals surface area (Å²) in [5.41, 5.74) is -0.451. The number of methoxy groups -OCH3 is 1. The SMILES string of the molecule is CON=C(C(=O)OC)c1ccc(F)cc1Oc1ncnc(F)c1F. The van der Waals surface area contributed by atoms with Crippen LogP contribution in [0.1, 0.15) is 5.56 Å². The lowest BCUT2D eigenvalue weighted by molar-refractivity contribution is -0.132. The van der Waals surface area contributed by atoms with Crippen LogP contribution >= 0.6 is 0 Å². The second-order valence-electron chi connectivity index (χ2n) is 4.14. The van der Waals surface area contributed by atoms with Crippen molar-refractivity contribution in [2.45, 2.75) is 0 Å². The fourth-order valence-corrected chi connectivity index (χ4v) is 1.67. The van der Waals surface area contributed by atoms with Gasteiger partial charge >= 0.3 is 5.97 Å². The van der Waals surface area contributed by atoms with Crippen LogP contribution in [0.25, 0.3) is 0 Å². The Balaban J connectivity index is 2.53. The summed E-state index contributed by atoms with van der Waals surface area (Å²) in [7, 11) is 2.27. The van der Waals surface area contributed by atoms with Gasteiger partial charge in [-0.1, -0.05) is 5.16 Å². The van der Waals surface area contributed by atoms with Gasteiger partial charge in [-0.25, -0.2) is 14.2 Å². The Morgan fingerprint density at radius 1 is 1.17 bits per heavy atom. The summed E-state index contributed by atoms with van der Waals surface area (Å²) in [6.07, 6.45) is 0.719. The molecule has 2 aromatic rings. The van der Waals surface area contributed by atoms with E-state index in [4.69, 9.17) is 4.74 Å². The Morgan fingerprint density at radius 3 is 2.58 bits per heavy atom. The van der Waals surface area contributed by atoms with Crippen molar-refractivity contribution in [3.63, 3.8) is 0 Å². The van der Waals surface area contributed by atoms with Crippen LogP contribution in [-0.4, -0.2) is 35.9 Å². The first-order valence-corrected chi connectivity index (χ1v) is 6.31. The lowest BCUT2D eigenvalue weighted by atomic mass is 10.1. The van der Waals surface area contributed by atoms with E-state index in [1.165, 1.54) is 7.11 Å². The van der Waals surface area contributed by atoms with Crippen LogP contribution in [-0.2, 0) is 14.4 Å². The maximum Gasteiger partial charge on any atom is 0.360 e. The summed E-state index contributed by atoms with van der Waals surface area (Å²) >= 11 is 0. The molecule has 0 saturated carbocycles. The van der Waals surface area contributed by atoms with Gasteiger partial charge in [0.25, 0.3) is 11.8 Å². The van der Waals surface area contributed by atoms with Gasteiger partial charge in [0.2, 0.25) is 5.82 Å². The van der Waals surface area contributed by atoms with Crippen LogP contribution in [0.2, 0.25) is 0 Å². The van der Waals surface area contributed by atoms with Gasteiger partial charge in [-0.15, -0.1) is 0 Å². The number of hydrogen-bond acceptors (Lipinski definition) is 7. The van der Waals surface area contributed by atoms with E-state index >= 15 is 0 Å². The summed E-state index contributed by atoms with van der Waals surface area (Å²) in [5, 5.41) is 3.48. The Bertz CT molecular complexity index is 799. The van der Waals surface area contributed by atoms with Crippen molar-refractivity contribution in [2.75, 3.05) is 14.2 Å². The molecule has 0 amide bonds. The molecule has 0 N–H and O–H groups in total. The van der Waals surface area contributed by atoms with Gasteiger partial charge in [0, 0.05) is 6.07 Å². The predicted molar refractivity (Wildman–Crippen MR) is 74.0 cm³/mol. The van der Waals surface area contributed by atoms with E-state index in [1.54, 1.807) is 0 Å². The minimum atomic E-state index is -1.48. The van der Waals surface area contributed by atoms with Crippen molar-refractivity contribution in [1.82, 2.24) is 9.97 Å². The first-order valence-electron chi connectivity index (χ1n) is 6.31. The largest absolute Gasteiger partial charge is 0.464 e. The van der Waals surface area contributed by atoms with E-state index in [0.717, 1.165) is 31.6 Å². The number of hydrogen-bond donors (Lipinski definition) is 0. The van der Waals surface area contributed by atoms with Crippen molar-refractivity contribution in [1.29, 1.82) is 0 Å². The molecule has 0 aliphatic rings. The predicted octanol–water partition coefficient (Wildman–Crippen LogP) is 2.21. The van der Waals surface area contributed by atoms with Gasteiger partial charge in [-0.2, -0.15) is 13.8 Å². The van der Waals surface area contributed by atoms with E-state index in [0.29, 0.717) is 0 Å². The first-order chi connectivity index (χ1) is 11.5. The smallest absolute Gasteiger partial charge is 0.360 e. The zero-order valence-corrected chi connectivity index (χ0v) is 12.4. The minimum Gasteiger partial charge on any atom is -0.464 e. The maximum atomic E-state index is 13.6. The van der Waals surface area contributed by atoms with E-state index in [9.17, 15) is 18.0 Å². The molecule has 0 aliphatic heterocycles. The van der Waals surface area contributed by atoms with Crippen molar-refractivity contribution in [3.05, 3.63) is 47.7 Å². The van der Waals surface area contributed by atoms with Gasteiger partial charge < -0.3 is 14.3 Å². The van der Waals surface area contributed by atoms with Crippen LogP contribution in [0.15, 0.2) is 29.7 Å². The average Bonchev–Trinajstić information content (AvgIpc) is 2.57. The topological polar surface area (TPSA) is 82.9 Å². The lowest BCUT2D eigenvalue weighted by Crippen LogP contribution is -2.18. The number of aromatic nitrogens is 2. The molecular formula is C14H10F3N3O4. The van der Waals surface area contributed by atoms with Crippen molar-refractivity contribution in [2.24, 2.45) is 5.16 Å². The lowest BCUT2D eigenvalue weighted by Gasteiger charge is -2.11. The highest BCUT2D eigenvalue weighted by Crippen LogP contribution is 2.28. The molecule has 0 aliphatic carbocycles. The summed E-state index contributed by atoms with van der Waals surface area (Å²) in [6.45, 7) is 0. The molecule has 1 aromatic carbocycles. The molecule has 2 rings (SSSR count). The average molecular weight is 341 g/mol. The Labute approximate surface area is 133 Å². The van der Waals surface area contributed by atoms with E-state index in [-0.39, 0.29) is 17.0 Å². The number of halogens is 3. The van der Waals surface area contributed by atoms with Gasteiger partial charge in [0.05, 0.1) is 12.7 Å². The molecule has 126 valence electrons. The number of carbonyl (C=O) groups excluding carboxylic acids is 1. The fourth-order valence-electron chi connectivity index (χ4n) is 1.67. The third-order valence-electron chi connectivity index (χ3n) is 2.68. The normalized spacial score (nSPS) is 11.1. The quantitative estimate of drug-likeness (QED) is 0.359. The summed E-state index contributed by atoms with van der Waals surface area (Å²) in [6, 6.07) is 2.98. The number of rotatable bonds is 5.